The molecule has 1 aromatic carbocycles. The lowest BCUT2D eigenvalue weighted by molar-refractivity contribution is 0.398. The van der Waals surface area contributed by atoms with Gasteiger partial charge in [0.15, 0.2) is 0 Å². The van der Waals surface area contributed by atoms with Crippen molar-refractivity contribution >= 4 is 10.9 Å². The first-order valence-electron chi connectivity index (χ1n) is 5.68. The summed E-state index contributed by atoms with van der Waals surface area (Å²) in [6.45, 7) is 0. The van der Waals surface area contributed by atoms with Gasteiger partial charge in [-0.05, 0) is 18.2 Å². The van der Waals surface area contributed by atoms with Gasteiger partial charge in [0.25, 0.3) is 0 Å². The Hall–Kier alpha value is -2.56. The van der Waals surface area contributed by atoms with Crippen LogP contribution in [-0.4, -0.2) is 22.1 Å². The van der Waals surface area contributed by atoms with Crippen molar-refractivity contribution in [2.75, 3.05) is 7.11 Å². The number of nitrogens with zero attached hydrogens (tertiary/aromatic N) is 3. The first-order valence-corrected chi connectivity index (χ1v) is 5.68. The summed E-state index contributed by atoms with van der Waals surface area (Å²) in [4.78, 5) is 12.6. The Morgan fingerprint density at radius 2 is 1.89 bits per heavy atom. The number of methoxy groups -OCH3 is 1. The lowest BCUT2D eigenvalue weighted by Gasteiger charge is -2.06. The highest BCUT2D eigenvalue weighted by Crippen LogP contribution is 2.27. The summed E-state index contributed by atoms with van der Waals surface area (Å²) in [5.41, 5.74) is 2.00. The van der Waals surface area contributed by atoms with Gasteiger partial charge in [0, 0.05) is 35.6 Å². The Kier molecular flexibility index (Phi) is 2.79. The van der Waals surface area contributed by atoms with E-state index in [-0.39, 0.29) is 5.82 Å². The molecular weight excluding hydrogens is 245 g/mol. The van der Waals surface area contributed by atoms with E-state index in [9.17, 15) is 4.39 Å². The number of fused-ring (bicyclic) bond motifs is 1. The lowest BCUT2D eigenvalue weighted by atomic mass is 10.1. The van der Waals surface area contributed by atoms with Crippen LogP contribution in [0, 0.1) is 5.82 Å². The minimum absolute atomic E-state index is 0.301. The van der Waals surface area contributed by atoms with Crippen molar-refractivity contribution in [1.82, 2.24) is 15.0 Å². The van der Waals surface area contributed by atoms with Gasteiger partial charge in [0.2, 0.25) is 5.88 Å². The van der Waals surface area contributed by atoms with E-state index in [1.54, 1.807) is 24.7 Å². The Bertz CT molecular complexity index is 746. The third-order valence-electron chi connectivity index (χ3n) is 2.78. The molecule has 4 nitrogen and oxygen atoms in total. The van der Waals surface area contributed by atoms with E-state index in [4.69, 9.17) is 4.74 Å². The maximum atomic E-state index is 13.1. The summed E-state index contributed by atoms with van der Waals surface area (Å²) >= 11 is 0. The molecule has 0 aliphatic carbocycles. The highest BCUT2D eigenvalue weighted by atomic mass is 19.1. The molecule has 0 aliphatic heterocycles. The molecule has 0 amide bonds. The molecule has 0 bridgehead atoms. The van der Waals surface area contributed by atoms with Crippen LogP contribution in [-0.2, 0) is 0 Å². The standard InChI is InChI=1S/C14H10FN3O/c1-19-14-13(16-4-5-17-14)10-6-9-2-3-11(15)7-12(9)18-8-10/h2-8H,1H3. The van der Waals surface area contributed by atoms with Gasteiger partial charge >= 0.3 is 0 Å². The SMILES string of the molecule is COc1nccnc1-c1cnc2cc(F)ccc2c1. The largest absolute Gasteiger partial charge is 0.479 e. The summed E-state index contributed by atoms with van der Waals surface area (Å²) in [5.74, 6) is 0.135. The van der Waals surface area contributed by atoms with Crippen molar-refractivity contribution < 1.29 is 9.13 Å². The summed E-state index contributed by atoms with van der Waals surface area (Å²) < 4.78 is 18.3. The Morgan fingerprint density at radius 3 is 2.74 bits per heavy atom. The molecule has 0 N–H and O–H groups in total. The Labute approximate surface area is 108 Å². The van der Waals surface area contributed by atoms with Crippen LogP contribution in [0.1, 0.15) is 0 Å². The first-order chi connectivity index (χ1) is 9.28. The van der Waals surface area contributed by atoms with Crippen LogP contribution in [0.3, 0.4) is 0 Å². The zero-order chi connectivity index (χ0) is 13.2. The van der Waals surface area contributed by atoms with Crippen LogP contribution in [0.2, 0.25) is 0 Å². The van der Waals surface area contributed by atoms with Crippen LogP contribution in [0.15, 0.2) is 42.9 Å². The minimum Gasteiger partial charge on any atom is -0.479 e. The zero-order valence-electron chi connectivity index (χ0n) is 10.2. The number of ether oxygens (including phenoxy) is 1. The number of aromatic nitrogens is 3. The van der Waals surface area contributed by atoms with Gasteiger partial charge in [0.1, 0.15) is 11.5 Å². The molecule has 0 fully saturated rings. The maximum absolute atomic E-state index is 13.1. The second-order valence-electron chi connectivity index (χ2n) is 3.98. The van der Waals surface area contributed by atoms with E-state index in [0.717, 1.165) is 10.9 Å². The monoisotopic (exact) mass is 255 g/mol. The molecule has 0 aliphatic rings. The van der Waals surface area contributed by atoms with E-state index in [1.165, 1.54) is 19.2 Å². The fraction of sp³-hybridized carbons (Fsp3) is 0.0714. The fourth-order valence-electron chi connectivity index (χ4n) is 1.90. The highest BCUT2D eigenvalue weighted by Gasteiger charge is 2.09. The number of rotatable bonds is 2. The number of hydrogen-bond donors (Lipinski definition) is 0. The normalized spacial score (nSPS) is 10.6. The second-order valence-corrected chi connectivity index (χ2v) is 3.98. The second kappa shape index (κ2) is 4.61. The molecule has 0 saturated heterocycles. The lowest BCUT2D eigenvalue weighted by Crippen LogP contribution is -1.94. The molecule has 2 heterocycles. The van der Waals surface area contributed by atoms with Crippen LogP contribution in [0.4, 0.5) is 4.39 Å². The van der Waals surface area contributed by atoms with Crippen LogP contribution >= 0.6 is 0 Å². The van der Waals surface area contributed by atoms with Gasteiger partial charge < -0.3 is 4.74 Å². The third kappa shape index (κ3) is 2.10. The van der Waals surface area contributed by atoms with E-state index in [0.29, 0.717) is 17.1 Å². The Balaban J connectivity index is 2.18. The zero-order valence-corrected chi connectivity index (χ0v) is 10.2. The average Bonchev–Trinajstić information content (AvgIpc) is 2.46. The van der Waals surface area contributed by atoms with Crippen molar-refractivity contribution in [3.63, 3.8) is 0 Å². The summed E-state index contributed by atoms with van der Waals surface area (Å²) in [6.07, 6.45) is 4.78. The van der Waals surface area contributed by atoms with Gasteiger partial charge in [-0.3, -0.25) is 4.98 Å². The van der Waals surface area contributed by atoms with E-state index in [1.807, 2.05) is 6.07 Å². The molecule has 0 saturated carbocycles. The van der Waals surface area contributed by atoms with Gasteiger partial charge in [-0.25, -0.2) is 14.4 Å². The summed E-state index contributed by atoms with van der Waals surface area (Å²) in [5, 5.41) is 0.839. The predicted octanol–water partition coefficient (Wildman–Crippen LogP) is 2.84. The van der Waals surface area contributed by atoms with E-state index < -0.39 is 0 Å². The van der Waals surface area contributed by atoms with Crippen molar-refractivity contribution in [2.45, 2.75) is 0 Å². The van der Waals surface area contributed by atoms with Crippen LogP contribution in [0.5, 0.6) is 5.88 Å². The van der Waals surface area contributed by atoms with Crippen molar-refractivity contribution in [2.24, 2.45) is 0 Å². The highest BCUT2D eigenvalue weighted by molar-refractivity contribution is 5.83. The number of pyridine rings is 1. The van der Waals surface area contributed by atoms with E-state index >= 15 is 0 Å². The summed E-state index contributed by atoms with van der Waals surface area (Å²) in [6, 6.07) is 6.37. The molecule has 94 valence electrons. The van der Waals surface area contributed by atoms with Crippen LogP contribution < -0.4 is 4.74 Å². The Morgan fingerprint density at radius 1 is 1.05 bits per heavy atom. The smallest absolute Gasteiger partial charge is 0.240 e. The fourth-order valence-corrected chi connectivity index (χ4v) is 1.90. The van der Waals surface area contributed by atoms with Crippen LogP contribution in [0.25, 0.3) is 22.2 Å². The third-order valence-corrected chi connectivity index (χ3v) is 2.78. The van der Waals surface area contributed by atoms with Crippen molar-refractivity contribution in [3.8, 4) is 17.1 Å². The molecule has 5 heteroatoms. The van der Waals surface area contributed by atoms with Crippen molar-refractivity contribution in [3.05, 3.63) is 48.7 Å². The van der Waals surface area contributed by atoms with Crippen molar-refractivity contribution in [1.29, 1.82) is 0 Å². The number of halogens is 1. The van der Waals surface area contributed by atoms with Gasteiger partial charge in [0.05, 0.1) is 12.6 Å². The molecular formula is C14H10FN3O. The molecule has 0 atom stereocenters. The first kappa shape index (κ1) is 11.5. The molecule has 0 spiro atoms. The number of hydrogen-bond acceptors (Lipinski definition) is 4. The van der Waals surface area contributed by atoms with E-state index in [2.05, 4.69) is 15.0 Å². The molecule has 3 rings (SSSR count). The molecule has 2 aromatic heterocycles. The topological polar surface area (TPSA) is 47.9 Å². The molecule has 3 aromatic rings. The molecule has 0 radical (unpaired) electrons. The quantitative estimate of drug-likeness (QED) is 0.706. The minimum atomic E-state index is -0.301. The predicted molar refractivity (Wildman–Crippen MR) is 69.3 cm³/mol. The van der Waals surface area contributed by atoms with Gasteiger partial charge in [-0.2, -0.15) is 0 Å². The van der Waals surface area contributed by atoms with Gasteiger partial charge in [-0.15, -0.1) is 0 Å². The molecule has 19 heavy (non-hydrogen) atoms. The average molecular weight is 255 g/mol. The maximum Gasteiger partial charge on any atom is 0.240 e. The number of benzene rings is 1. The van der Waals surface area contributed by atoms with Gasteiger partial charge in [-0.1, -0.05) is 0 Å². The molecule has 0 unspecified atom stereocenters. The summed E-state index contributed by atoms with van der Waals surface area (Å²) in [7, 11) is 1.54.